The van der Waals surface area contributed by atoms with Crippen LogP contribution in [0.1, 0.15) is 19.4 Å². The van der Waals surface area contributed by atoms with E-state index in [9.17, 15) is 0 Å². The zero-order valence-corrected chi connectivity index (χ0v) is 11.4. The highest BCUT2D eigenvalue weighted by Crippen LogP contribution is 2.23. The van der Waals surface area contributed by atoms with Gasteiger partial charge in [0, 0.05) is 36.8 Å². The quantitative estimate of drug-likeness (QED) is 0.905. The van der Waals surface area contributed by atoms with Crippen LogP contribution in [0.5, 0.6) is 0 Å². The maximum atomic E-state index is 3.50. The molecular formula is C12H19BrN2. The average Bonchev–Trinajstić information content (AvgIpc) is 2.15. The Bertz CT molecular complexity index is 321. The van der Waals surface area contributed by atoms with Crippen molar-refractivity contribution in [3.63, 3.8) is 0 Å². The van der Waals surface area contributed by atoms with Gasteiger partial charge in [-0.1, -0.05) is 35.8 Å². The minimum Gasteiger partial charge on any atom is -0.377 e. The third-order valence-corrected chi connectivity index (χ3v) is 2.72. The standard InChI is InChI=1S/C12H19BrN2/c1-9(2)14-8-10-5-6-11(13)7-12(10)15(3)4/h5-7,9,14H,8H2,1-4H3. The van der Waals surface area contributed by atoms with E-state index < -0.39 is 0 Å². The highest BCUT2D eigenvalue weighted by Gasteiger charge is 2.05. The molecule has 1 aromatic rings. The van der Waals surface area contributed by atoms with Gasteiger partial charge < -0.3 is 10.2 Å². The van der Waals surface area contributed by atoms with Crippen molar-refractivity contribution in [1.82, 2.24) is 5.32 Å². The molecule has 15 heavy (non-hydrogen) atoms. The highest BCUT2D eigenvalue weighted by atomic mass is 79.9. The van der Waals surface area contributed by atoms with E-state index in [0.717, 1.165) is 11.0 Å². The molecule has 0 aliphatic heterocycles. The van der Waals surface area contributed by atoms with Gasteiger partial charge in [-0.05, 0) is 17.7 Å². The molecule has 0 aliphatic rings. The number of nitrogens with zero attached hydrogens (tertiary/aromatic N) is 1. The normalized spacial score (nSPS) is 10.8. The van der Waals surface area contributed by atoms with Crippen LogP contribution < -0.4 is 10.2 Å². The van der Waals surface area contributed by atoms with E-state index in [-0.39, 0.29) is 0 Å². The van der Waals surface area contributed by atoms with Crippen molar-refractivity contribution in [3.8, 4) is 0 Å². The first-order valence-electron chi connectivity index (χ1n) is 5.20. The third kappa shape index (κ3) is 3.84. The van der Waals surface area contributed by atoms with Gasteiger partial charge >= 0.3 is 0 Å². The van der Waals surface area contributed by atoms with Crippen LogP contribution in [0.15, 0.2) is 22.7 Å². The molecule has 3 heteroatoms. The molecule has 0 heterocycles. The lowest BCUT2D eigenvalue weighted by Gasteiger charge is -2.19. The molecule has 0 spiro atoms. The van der Waals surface area contributed by atoms with E-state index in [0.29, 0.717) is 6.04 Å². The van der Waals surface area contributed by atoms with Gasteiger partial charge in [0.2, 0.25) is 0 Å². The van der Waals surface area contributed by atoms with Crippen molar-refractivity contribution in [2.45, 2.75) is 26.4 Å². The Hall–Kier alpha value is -0.540. The summed E-state index contributed by atoms with van der Waals surface area (Å²) >= 11 is 3.50. The first-order chi connectivity index (χ1) is 7.00. The molecule has 1 N–H and O–H groups in total. The molecule has 0 amide bonds. The zero-order valence-electron chi connectivity index (χ0n) is 9.84. The van der Waals surface area contributed by atoms with Gasteiger partial charge in [0.1, 0.15) is 0 Å². The van der Waals surface area contributed by atoms with Crippen molar-refractivity contribution in [3.05, 3.63) is 28.2 Å². The first-order valence-corrected chi connectivity index (χ1v) is 5.99. The molecule has 0 fully saturated rings. The van der Waals surface area contributed by atoms with Gasteiger partial charge in [-0.3, -0.25) is 0 Å². The second kappa shape index (κ2) is 5.52. The Morgan fingerprint density at radius 2 is 2.00 bits per heavy atom. The minimum absolute atomic E-state index is 0.517. The van der Waals surface area contributed by atoms with Crippen molar-refractivity contribution >= 4 is 21.6 Å². The fourth-order valence-corrected chi connectivity index (χ4v) is 1.77. The monoisotopic (exact) mass is 270 g/mol. The summed E-state index contributed by atoms with van der Waals surface area (Å²) in [7, 11) is 4.14. The fourth-order valence-electron chi connectivity index (χ4n) is 1.42. The molecule has 0 unspecified atom stereocenters. The summed E-state index contributed by atoms with van der Waals surface area (Å²) in [5, 5.41) is 3.43. The number of hydrogen-bond donors (Lipinski definition) is 1. The lowest BCUT2D eigenvalue weighted by molar-refractivity contribution is 0.588. The molecule has 0 aliphatic carbocycles. The maximum Gasteiger partial charge on any atom is 0.0417 e. The summed E-state index contributed by atoms with van der Waals surface area (Å²) in [6.07, 6.45) is 0. The molecule has 84 valence electrons. The highest BCUT2D eigenvalue weighted by molar-refractivity contribution is 9.10. The predicted octanol–water partition coefficient (Wildman–Crippen LogP) is 3.01. The SMILES string of the molecule is CC(C)NCc1ccc(Br)cc1N(C)C. The van der Waals surface area contributed by atoms with E-state index in [4.69, 9.17) is 0 Å². The van der Waals surface area contributed by atoms with Gasteiger partial charge in [-0.2, -0.15) is 0 Å². The number of rotatable bonds is 4. The Balaban J connectivity index is 2.86. The largest absolute Gasteiger partial charge is 0.377 e. The van der Waals surface area contributed by atoms with Gasteiger partial charge in [0.05, 0.1) is 0 Å². The molecule has 2 nitrogen and oxygen atoms in total. The second-order valence-corrected chi connectivity index (χ2v) is 5.12. The number of benzene rings is 1. The predicted molar refractivity (Wildman–Crippen MR) is 70.4 cm³/mol. The Labute approximate surface area is 101 Å². The second-order valence-electron chi connectivity index (χ2n) is 4.20. The molecule has 0 radical (unpaired) electrons. The zero-order chi connectivity index (χ0) is 11.4. The summed E-state index contributed by atoms with van der Waals surface area (Å²) in [6, 6.07) is 6.92. The van der Waals surface area contributed by atoms with Crippen LogP contribution in [0.3, 0.4) is 0 Å². The van der Waals surface area contributed by atoms with Crippen molar-refractivity contribution in [2.24, 2.45) is 0 Å². The van der Waals surface area contributed by atoms with Gasteiger partial charge in [0.25, 0.3) is 0 Å². The maximum absolute atomic E-state index is 3.50. The minimum atomic E-state index is 0.517. The number of nitrogens with one attached hydrogen (secondary N) is 1. The van der Waals surface area contributed by atoms with E-state index in [1.165, 1.54) is 11.3 Å². The van der Waals surface area contributed by atoms with E-state index in [1.54, 1.807) is 0 Å². The van der Waals surface area contributed by atoms with Crippen molar-refractivity contribution in [2.75, 3.05) is 19.0 Å². The Morgan fingerprint density at radius 3 is 2.53 bits per heavy atom. The molecule has 1 aromatic carbocycles. The Kier molecular flexibility index (Phi) is 4.61. The van der Waals surface area contributed by atoms with Crippen LogP contribution in [0.2, 0.25) is 0 Å². The molecule has 0 atom stereocenters. The van der Waals surface area contributed by atoms with E-state index in [1.807, 2.05) is 0 Å². The molecule has 0 saturated heterocycles. The fraction of sp³-hybridized carbons (Fsp3) is 0.500. The third-order valence-electron chi connectivity index (χ3n) is 2.23. The molecule has 0 bridgehead atoms. The summed E-state index contributed by atoms with van der Waals surface area (Å²) in [4.78, 5) is 2.14. The van der Waals surface area contributed by atoms with Crippen LogP contribution in [0, 0.1) is 0 Å². The summed E-state index contributed by atoms with van der Waals surface area (Å²) in [5.41, 5.74) is 2.59. The van der Waals surface area contributed by atoms with Gasteiger partial charge in [0.15, 0.2) is 0 Å². The smallest absolute Gasteiger partial charge is 0.0417 e. The molecule has 1 rings (SSSR count). The Morgan fingerprint density at radius 1 is 1.33 bits per heavy atom. The van der Waals surface area contributed by atoms with Gasteiger partial charge in [-0.25, -0.2) is 0 Å². The topological polar surface area (TPSA) is 15.3 Å². The summed E-state index contributed by atoms with van der Waals surface area (Å²) in [5.74, 6) is 0. The lowest BCUT2D eigenvalue weighted by Crippen LogP contribution is -2.23. The summed E-state index contributed by atoms with van der Waals surface area (Å²) in [6.45, 7) is 5.24. The van der Waals surface area contributed by atoms with Crippen LogP contribution in [0.25, 0.3) is 0 Å². The van der Waals surface area contributed by atoms with E-state index >= 15 is 0 Å². The first kappa shape index (κ1) is 12.5. The molecule has 0 aromatic heterocycles. The molecular weight excluding hydrogens is 252 g/mol. The molecule has 0 saturated carbocycles. The van der Waals surface area contributed by atoms with Crippen LogP contribution in [0.4, 0.5) is 5.69 Å². The van der Waals surface area contributed by atoms with Crippen LogP contribution in [-0.2, 0) is 6.54 Å². The van der Waals surface area contributed by atoms with Crippen LogP contribution >= 0.6 is 15.9 Å². The van der Waals surface area contributed by atoms with Crippen molar-refractivity contribution < 1.29 is 0 Å². The summed E-state index contributed by atoms with van der Waals surface area (Å²) < 4.78 is 1.12. The average molecular weight is 271 g/mol. The number of halogens is 1. The lowest BCUT2D eigenvalue weighted by atomic mass is 10.1. The van der Waals surface area contributed by atoms with Crippen LogP contribution in [-0.4, -0.2) is 20.1 Å². The van der Waals surface area contributed by atoms with E-state index in [2.05, 4.69) is 72.3 Å². The van der Waals surface area contributed by atoms with Crippen molar-refractivity contribution in [1.29, 1.82) is 0 Å². The number of anilines is 1. The number of hydrogen-bond acceptors (Lipinski definition) is 2. The van der Waals surface area contributed by atoms with Gasteiger partial charge in [-0.15, -0.1) is 0 Å².